The van der Waals surface area contributed by atoms with Gasteiger partial charge in [-0.05, 0) is 58.1 Å². The number of likely N-dealkylation sites (tertiary alicyclic amines) is 1. The Morgan fingerprint density at radius 1 is 1.36 bits per heavy atom. The molecule has 1 aromatic carbocycles. The lowest BCUT2D eigenvalue weighted by Crippen LogP contribution is -2.59. The Labute approximate surface area is 163 Å². The Bertz CT molecular complexity index is 840. The highest BCUT2D eigenvalue weighted by Crippen LogP contribution is 2.40. The van der Waals surface area contributed by atoms with Gasteiger partial charge in [-0.25, -0.2) is 4.39 Å². The quantitative estimate of drug-likeness (QED) is 0.787. The standard InChI is InChI=1S/C18H23F3N4O2S/c1-17(12-9-11(3-4-13(12)19)23-15(26)14(20)21)10-28(27)18(16(22)24-17)5-7-25(2)8-6-18/h3-4,9,14H,5-8,10H2,1-2H3,(H2,22,24)(H,23,26)/t17-,28?/m0/s1. The molecule has 0 saturated carbocycles. The second-order valence-corrected chi connectivity index (χ2v) is 9.30. The van der Waals surface area contributed by atoms with E-state index >= 15 is 0 Å². The van der Waals surface area contributed by atoms with E-state index in [0.717, 1.165) is 19.2 Å². The Kier molecular flexibility index (Phi) is 5.55. The van der Waals surface area contributed by atoms with Gasteiger partial charge in [0.15, 0.2) is 0 Å². The van der Waals surface area contributed by atoms with E-state index in [-0.39, 0.29) is 22.8 Å². The lowest BCUT2D eigenvalue weighted by Gasteiger charge is -2.45. The highest BCUT2D eigenvalue weighted by Gasteiger charge is 2.50. The van der Waals surface area contributed by atoms with Crippen molar-refractivity contribution < 1.29 is 22.2 Å². The fourth-order valence-corrected chi connectivity index (χ4v) is 5.65. The average Bonchev–Trinajstić information content (AvgIpc) is 2.62. The molecule has 3 rings (SSSR count). The van der Waals surface area contributed by atoms with Gasteiger partial charge < -0.3 is 16.0 Å². The van der Waals surface area contributed by atoms with E-state index in [0.29, 0.717) is 12.8 Å². The summed E-state index contributed by atoms with van der Waals surface area (Å²) in [6.07, 6.45) is -1.98. The van der Waals surface area contributed by atoms with Crippen LogP contribution < -0.4 is 11.1 Å². The summed E-state index contributed by atoms with van der Waals surface area (Å²) in [4.78, 5) is 17.9. The molecule has 0 bridgehead atoms. The molecule has 10 heteroatoms. The molecule has 28 heavy (non-hydrogen) atoms. The molecule has 2 aliphatic heterocycles. The lowest BCUT2D eigenvalue weighted by molar-refractivity contribution is -0.126. The molecule has 2 aliphatic rings. The maximum Gasteiger partial charge on any atom is 0.315 e. The fourth-order valence-electron chi connectivity index (χ4n) is 3.72. The number of aliphatic imine (C=N–C) groups is 1. The molecule has 0 aromatic heterocycles. The first kappa shape index (κ1) is 20.8. The van der Waals surface area contributed by atoms with E-state index in [2.05, 4.69) is 9.89 Å². The molecule has 3 N–H and O–H groups in total. The summed E-state index contributed by atoms with van der Waals surface area (Å²) in [6, 6.07) is 3.50. The van der Waals surface area contributed by atoms with Crippen molar-refractivity contribution in [2.45, 2.75) is 36.5 Å². The van der Waals surface area contributed by atoms with Crippen molar-refractivity contribution in [1.29, 1.82) is 0 Å². The molecule has 2 heterocycles. The number of carbonyl (C=O) groups is 1. The van der Waals surface area contributed by atoms with Crippen molar-refractivity contribution in [1.82, 2.24) is 4.90 Å². The molecule has 0 aliphatic carbocycles. The van der Waals surface area contributed by atoms with Crippen molar-refractivity contribution in [2.24, 2.45) is 10.7 Å². The van der Waals surface area contributed by atoms with Gasteiger partial charge in [-0.2, -0.15) is 8.78 Å². The molecule has 1 aromatic rings. The zero-order chi connectivity index (χ0) is 20.7. The maximum atomic E-state index is 14.6. The first-order valence-electron chi connectivity index (χ1n) is 8.89. The minimum absolute atomic E-state index is 0.0158. The van der Waals surface area contributed by atoms with Crippen LogP contribution in [0, 0.1) is 5.82 Å². The summed E-state index contributed by atoms with van der Waals surface area (Å²) < 4.78 is 52.0. The van der Waals surface area contributed by atoms with E-state index in [1.54, 1.807) is 6.92 Å². The van der Waals surface area contributed by atoms with Crippen molar-refractivity contribution >= 4 is 28.2 Å². The highest BCUT2D eigenvalue weighted by atomic mass is 32.2. The summed E-state index contributed by atoms with van der Waals surface area (Å²) in [5, 5.41) is 2.03. The molecular weight excluding hydrogens is 393 g/mol. The maximum absolute atomic E-state index is 14.6. The minimum atomic E-state index is -3.19. The Balaban J connectivity index is 1.96. The Morgan fingerprint density at radius 2 is 2.00 bits per heavy atom. The van der Waals surface area contributed by atoms with Crippen molar-refractivity contribution in [3.63, 3.8) is 0 Å². The number of carbonyl (C=O) groups excluding carboxylic acids is 1. The van der Waals surface area contributed by atoms with Gasteiger partial charge in [0.05, 0.1) is 11.3 Å². The predicted octanol–water partition coefficient (Wildman–Crippen LogP) is 1.83. The van der Waals surface area contributed by atoms with Crippen LogP contribution in [0.15, 0.2) is 23.2 Å². The second kappa shape index (κ2) is 7.47. The van der Waals surface area contributed by atoms with E-state index < -0.39 is 39.2 Å². The number of benzene rings is 1. The van der Waals surface area contributed by atoms with Gasteiger partial charge in [-0.15, -0.1) is 0 Å². The molecule has 1 spiro atoms. The number of nitrogens with two attached hydrogens (primary N) is 1. The summed E-state index contributed by atoms with van der Waals surface area (Å²) in [5.41, 5.74) is 5.10. The van der Waals surface area contributed by atoms with Gasteiger partial charge in [0.1, 0.15) is 16.4 Å². The third-order valence-electron chi connectivity index (χ3n) is 5.49. The minimum Gasteiger partial charge on any atom is -0.386 e. The van der Waals surface area contributed by atoms with Crippen LogP contribution in [0.2, 0.25) is 0 Å². The number of nitrogens with one attached hydrogen (secondary N) is 1. The van der Waals surface area contributed by atoms with Crippen molar-refractivity contribution in [3.05, 3.63) is 29.6 Å². The number of halogens is 3. The van der Waals surface area contributed by atoms with E-state index in [1.165, 1.54) is 12.1 Å². The van der Waals surface area contributed by atoms with Crippen LogP contribution in [0.1, 0.15) is 25.3 Å². The topological polar surface area (TPSA) is 87.8 Å². The number of nitrogens with zero attached hydrogens (tertiary/aromatic N) is 2. The fraction of sp³-hybridized carbons (Fsp3) is 0.556. The van der Waals surface area contributed by atoms with Crippen molar-refractivity contribution in [3.8, 4) is 0 Å². The SMILES string of the molecule is CN1CCC2(CC1)C(N)=N[C@](C)(c1cc(NC(=O)C(F)F)ccc1F)CS2=O. The molecule has 1 amide bonds. The number of piperidine rings is 1. The van der Waals surface area contributed by atoms with Crippen LogP contribution in [-0.4, -0.2) is 57.9 Å². The van der Waals surface area contributed by atoms with Gasteiger partial charge >= 0.3 is 6.43 Å². The van der Waals surface area contributed by atoms with Crippen LogP contribution in [0.5, 0.6) is 0 Å². The molecular formula is C18H23F3N4O2S. The number of amides is 1. The largest absolute Gasteiger partial charge is 0.386 e. The third kappa shape index (κ3) is 3.67. The summed E-state index contributed by atoms with van der Waals surface area (Å²) >= 11 is 0. The number of hydrogen-bond donors (Lipinski definition) is 2. The van der Waals surface area contributed by atoms with E-state index in [4.69, 9.17) is 5.73 Å². The number of anilines is 1. The first-order chi connectivity index (χ1) is 13.1. The molecule has 1 unspecified atom stereocenters. The van der Waals surface area contributed by atoms with Crippen LogP contribution in [-0.2, 0) is 21.1 Å². The van der Waals surface area contributed by atoms with Gasteiger partial charge in [0.25, 0.3) is 5.91 Å². The molecule has 6 nitrogen and oxygen atoms in total. The molecule has 154 valence electrons. The van der Waals surface area contributed by atoms with E-state index in [1.807, 2.05) is 12.4 Å². The zero-order valence-electron chi connectivity index (χ0n) is 15.7. The predicted molar refractivity (Wildman–Crippen MR) is 102 cm³/mol. The number of rotatable bonds is 3. The number of amidine groups is 1. The first-order valence-corrected chi connectivity index (χ1v) is 10.2. The van der Waals surface area contributed by atoms with Crippen LogP contribution in [0.3, 0.4) is 0 Å². The normalized spacial score (nSPS) is 27.6. The van der Waals surface area contributed by atoms with E-state index in [9.17, 15) is 22.2 Å². The van der Waals surface area contributed by atoms with Gasteiger partial charge in [0.2, 0.25) is 0 Å². The van der Waals surface area contributed by atoms with Gasteiger partial charge in [0, 0.05) is 22.1 Å². The third-order valence-corrected chi connectivity index (χ3v) is 7.80. The second-order valence-electron chi connectivity index (χ2n) is 7.54. The highest BCUT2D eigenvalue weighted by molar-refractivity contribution is 7.87. The average molecular weight is 416 g/mol. The Hall–Kier alpha value is -1.94. The monoisotopic (exact) mass is 416 g/mol. The van der Waals surface area contributed by atoms with Gasteiger partial charge in [-0.3, -0.25) is 14.0 Å². The molecule has 1 fully saturated rings. The molecule has 1 saturated heterocycles. The Morgan fingerprint density at radius 3 is 2.57 bits per heavy atom. The smallest absolute Gasteiger partial charge is 0.315 e. The number of hydrogen-bond acceptors (Lipinski definition) is 5. The van der Waals surface area contributed by atoms with Crippen LogP contribution >= 0.6 is 0 Å². The summed E-state index contributed by atoms with van der Waals surface area (Å²) in [7, 11) is 0.587. The summed E-state index contributed by atoms with van der Waals surface area (Å²) in [5.74, 6) is -1.83. The van der Waals surface area contributed by atoms with Gasteiger partial charge in [-0.1, -0.05) is 0 Å². The number of alkyl halides is 2. The van der Waals surface area contributed by atoms with Crippen molar-refractivity contribution in [2.75, 3.05) is 31.2 Å². The summed E-state index contributed by atoms with van der Waals surface area (Å²) in [6.45, 7) is 3.08. The lowest BCUT2D eigenvalue weighted by atomic mass is 9.90. The zero-order valence-corrected chi connectivity index (χ0v) is 16.5. The van der Waals surface area contributed by atoms with Crippen LogP contribution in [0.4, 0.5) is 18.9 Å². The molecule has 0 radical (unpaired) electrons. The van der Waals surface area contributed by atoms with Crippen LogP contribution in [0.25, 0.3) is 0 Å². The molecule has 2 atom stereocenters.